The predicted molar refractivity (Wildman–Crippen MR) is 112 cm³/mol. The van der Waals surface area contributed by atoms with E-state index in [2.05, 4.69) is 5.32 Å². The maximum atomic E-state index is 12.9. The van der Waals surface area contributed by atoms with Crippen LogP contribution in [-0.4, -0.2) is 41.9 Å². The molecule has 2 aromatic rings. The Labute approximate surface area is 178 Å². The van der Waals surface area contributed by atoms with Crippen LogP contribution in [0.2, 0.25) is 10.0 Å². The number of anilines is 1. The third-order valence-electron chi connectivity index (χ3n) is 4.65. The van der Waals surface area contributed by atoms with Crippen molar-refractivity contribution in [3.8, 4) is 0 Å². The molecule has 1 unspecified atom stereocenters. The highest BCUT2D eigenvalue weighted by Gasteiger charge is 2.34. The number of nitrogens with one attached hydrogen (secondary N) is 1. The molecule has 8 heteroatoms. The van der Waals surface area contributed by atoms with Crippen molar-refractivity contribution in [2.45, 2.75) is 25.8 Å². The number of esters is 1. The quantitative estimate of drug-likeness (QED) is 0.706. The van der Waals surface area contributed by atoms with E-state index in [9.17, 15) is 14.4 Å². The normalized spacial score (nSPS) is 15.8. The van der Waals surface area contributed by atoms with Crippen LogP contribution in [0.5, 0.6) is 0 Å². The van der Waals surface area contributed by atoms with Crippen molar-refractivity contribution < 1.29 is 19.1 Å². The van der Waals surface area contributed by atoms with E-state index >= 15 is 0 Å². The summed E-state index contributed by atoms with van der Waals surface area (Å²) in [6.45, 7) is 2.51. The van der Waals surface area contributed by atoms with Crippen LogP contribution in [0.25, 0.3) is 0 Å². The van der Waals surface area contributed by atoms with Gasteiger partial charge < -0.3 is 15.0 Å². The fraction of sp³-hybridized carbons (Fsp3) is 0.286. The largest absolute Gasteiger partial charge is 0.462 e. The number of carbonyl (C=O) groups is 3. The molecule has 29 heavy (non-hydrogen) atoms. The second-order valence-electron chi connectivity index (χ2n) is 6.57. The molecule has 1 fully saturated rings. The second kappa shape index (κ2) is 9.29. The topological polar surface area (TPSA) is 75.7 Å². The van der Waals surface area contributed by atoms with Crippen molar-refractivity contribution in [3.63, 3.8) is 0 Å². The minimum absolute atomic E-state index is 0.265. The fourth-order valence-electron chi connectivity index (χ4n) is 3.21. The summed E-state index contributed by atoms with van der Waals surface area (Å²) in [5.41, 5.74) is 1.33. The van der Waals surface area contributed by atoms with Gasteiger partial charge in [0.25, 0.3) is 5.91 Å². The van der Waals surface area contributed by atoms with E-state index in [-0.39, 0.29) is 11.8 Å². The number of rotatable bonds is 5. The number of benzene rings is 2. The lowest BCUT2D eigenvalue weighted by molar-refractivity contribution is -0.119. The minimum atomic E-state index is -0.582. The van der Waals surface area contributed by atoms with Gasteiger partial charge in [-0.1, -0.05) is 23.2 Å². The first-order valence-electron chi connectivity index (χ1n) is 9.24. The van der Waals surface area contributed by atoms with Crippen LogP contribution < -0.4 is 5.32 Å². The van der Waals surface area contributed by atoms with Crippen LogP contribution >= 0.6 is 23.2 Å². The van der Waals surface area contributed by atoms with Gasteiger partial charge in [-0.2, -0.15) is 0 Å². The van der Waals surface area contributed by atoms with Gasteiger partial charge in [0, 0.05) is 17.8 Å². The molecule has 6 nitrogen and oxygen atoms in total. The van der Waals surface area contributed by atoms with Crippen molar-refractivity contribution in [1.29, 1.82) is 0 Å². The molecule has 1 aliphatic rings. The Morgan fingerprint density at radius 2 is 1.76 bits per heavy atom. The van der Waals surface area contributed by atoms with E-state index in [0.29, 0.717) is 46.4 Å². The highest BCUT2D eigenvalue weighted by atomic mass is 35.5. The van der Waals surface area contributed by atoms with Gasteiger partial charge in [0.1, 0.15) is 6.04 Å². The van der Waals surface area contributed by atoms with Crippen molar-refractivity contribution in [3.05, 3.63) is 63.6 Å². The summed E-state index contributed by atoms with van der Waals surface area (Å²) in [6.07, 6.45) is 1.30. The zero-order valence-electron chi connectivity index (χ0n) is 15.8. The van der Waals surface area contributed by atoms with E-state index in [4.69, 9.17) is 27.9 Å². The van der Waals surface area contributed by atoms with Crippen LogP contribution in [0.4, 0.5) is 5.69 Å². The Balaban J connectivity index is 1.69. The molecular weight excluding hydrogens is 415 g/mol. The molecule has 1 heterocycles. The molecule has 1 saturated heterocycles. The van der Waals surface area contributed by atoms with E-state index in [1.54, 1.807) is 48.2 Å². The van der Waals surface area contributed by atoms with Crippen LogP contribution in [-0.2, 0) is 9.53 Å². The molecule has 0 spiro atoms. The smallest absolute Gasteiger partial charge is 0.338 e. The SMILES string of the molecule is CCOC(=O)c1ccc(NC(=O)C2CCCN2C(=O)c2ccc(Cl)c(Cl)c2)cc1. The number of amides is 2. The third-order valence-corrected chi connectivity index (χ3v) is 5.39. The average molecular weight is 435 g/mol. The van der Waals surface area contributed by atoms with Gasteiger partial charge in [0.15, 0.2) is 0 Å². The first-order chi connectivity index (χ1) is 13.9. The molecule has 0 aliphatic carbocycles. The van der Waals surface area contributed by atoms with Gasteiger partial charge in [0.05, 0.1) is 22.2 Å². The molecule has 1 atom stereocenters. The molecule has 0 saturated carbocycles. The van der Waals surface area contributed by atoms with Crippen LogP contribution in [0.3, 0.4) is 0 Å². The van der Waals surface area contributed by atoms with Crippen molar-refractivity contribution in [1.82, 2.24) is 4.90 Å². The van der Waals surface area contributed by atoms with Crippen molar-refractivity contribution >= 4 is 46.7 Å². The van der Waals surface area contributed by atoms with E-state index in [1.165, 1.54) is 6.07 Å². The number of ether oxygens (including phenoxy) is 1. The zero-order valence-corrected chi connectivity index (χ0v) is 17.3. The lowest BCUT2D eigenvalue weighted by Gasteiger charge is -2.24. The summed E-state index contributed by atoms with van der Waals surface area (Å²) in [6, 6.07) is 10.5. The Kier molecular flexibility index (Phi) is 6.77. The number of hydrogen-bond donors (Lipinski definition) is 1. The average Bonchev–Trinajstić information content (AvgIpc) is 3.20. The summed E-state index contributed by atoms with van der Waals surface area (Å²) in [5.74, 6) is -0.960. The number of hydrogen-bond acceptors (Lipinski definition) is 4. The molecule has 0 aromatic heterocycles. The maximum Gasteiger partial charge on any atom is 0.338 e. The van der Waals surface area contributed by atoms with Gasteiger partial charge >= 0.3 is 5.97 Å². The molecule has 2 amide bonds. The molecule has 3 rings (SSSR count). The first-order valence-corrected chi connectivity index (χ1v) is 10.0. The number of halogens is 2. The van der Waals surface area contributed by atoms with Gasteiger partial charge in [0.2, 0.25) is 5.91 Å². The highest BCUT2D eigenvalue weighted by molar-refractivity contribution is 6.42. The van der Waals surface area contributed by atoms with Crippen molar-refractivity contribution in [2.24, 2.45) is 0 Å². The Hall–Kier alpha value is -2.57. The summed E-state index contributed by atoms with van der Waals surface area (Å²) in [7, 11) is 0. The molecule has 0 bridgehead atoms. The molecular formula is C21H20Cl2N2O4. The third kappa shape index (κ3) is 4.89. The maximum absolute atomic E-state index is 12.9. The number of carbonyl (C=O) groups excluding carboxylic acids is 3. The number of likely N-dealkylation sites (tertiary alicyclic amines) is 1. The summed E-state index contributed by atoms with van der Waals surface area (Å²) in [5, 5.41) is 3.46. The Bertz CT molecular complexity index is 931. The van der Waals surface area contributed by atoms with Gasteiger partial charge in [-0.05, 0) is 62.2 Å². The lowest BCUT2D eigenvalue weighted by atomic mass is 10.1. The van der Waals surface area contributed by atoms with Gasteiger partial charge in [-0.15, -0.1) is 0 Å². The van der Waals surface area contributed by atoms with E-state index < -0.39 is 12.0 Å². The van der Waals surface area contributed by atoms with Gasteiger partial charge in [-0.3, -0.25) is 9.59 Å². The highest BCUT2D eigenvalue weighted by Crippen LogP contribution is 2.26. The summed E-state index contributed by atoms with van der Waals surface area (Å²) in [4.78, 5) is 38.9. The van der Waals surface area contributed by atoms with E-state index in [1.807, 2.05) is 0 Å². The predicted octanol–water partition coefficient (Wildman–Crippen LogP) is 4.41. The molecule has 1 aliphatic heterocycles. The molecule has 1 N–H and O–H groups in total. The number of nitrogens with zero attached hydrogens (tertiary/aromatic N) is 1. The van der Waals surface area contributed by atoms with Crippen LogP contribution in [0.15, 0.2) is 42.5 Å². The second-order valence-corrected chi connectivity index (χ2v) is 7.39. The Morgan fingerprint density at radius 1 is 1.07 bits per heavy atom. The molecule has 2 aromatic carbocycles. The monoisotopic (exact) mass is 434 g/mol. The Morgan fingerprint density at radius 3 is 2.41 bits per heavy atom. The fourth-order valence-corrected chi connectivity index (χ4v) is 3.51. The first kappa shape index (κ1) is 21.1. The van der Waals surface area contributed by atoms with Crippen LogP contribution in [0, 0.1) is 0 Å². The lowest BCUT2D eigenvalue weighted by Crippen LogP contribution is -2.43. The molecule has 0 radical (unpaired) electrons. The van der Waals surface area contributed by atoms with E-state index in [0.717, 1.165) is 6.42 Å². The molecule has 152 valence electrons. The zero-order chi connectivity index (χ0) is 21.0. The van der Waals surface area contributed by atoms with Crippen molar-refractivity contribution in [2.75, 3.05) is 18.5 Å². The van der Waals surface area contributed by atoms with Gasteiger partial charge in [-0.25, -0.2) is 4.79 Å². The van der Waals surface area contributed by atoms with Crippen LogP contribution in [0.1, 0.15) is 40.5 Å². The summed E-state index contributed by atoms with van der Waals surface area (Å²) < 4.78 is 4.94. The standard InChI is InChI=1S/C21H20Cl2N2O4/c1-2-29-21(28)13-5-8-15(9-6-13)24-19(26)18-4-3-11-25(18)20(27)14-7-10-16(22)17(23)12-14/h5-10,12,18H,2-4,11H2,1H3,(H,24,26). The minimum Gasteiger partial charge on any atom is -0.462 e. The summed E-state index contributed by atoms with van der Waals surface area (Å²) >= 11 is 11.9.